The Kier molecular flexibility index (Phi) is 3.54. The van der Waals surface area contributed by atoms with E-state index in [1.807, 2.05) is 19.9 Å². The monoisotopic (exact) mass is 237 g/mol. The van der Waals surface area contributed by atoms with Crippen molar-refractivity contribution in [3.8, 4) is 11.5 Å². The van der Waals surface area contributed by atoms with Gasteiger partial charge in [0.2, 0.25) is 0 Å². The number of phenols is 1. The molecule has 4 nitrogen and oxygen atoms in total. The zero-order chi connectivity index (χ0) is 12.4. The van der Waals surface area contributed by atoms with E-state index in [0.717, 1.165) is 29.8 Å². The minimum atomic E-state index is -0.0519. The first-order valence-corrected chi connectivity index (χ1v) is 5.84. The second kappa shape index (κ2) is 4.94. The molecule has 0 bridgehead atoms. The van der Waals surface area contributed by atoms with Crippen LogP contribution in [-0.4, -0.2) is 31.9 Å². The van der Waals surface area contributed by atoms with Crippen LogP contribution in [0.25, 0.3) is 0 Å². The van der Waals surface area contributed by atoms with Crippen LogP contribution < -0.4 is 10.1 Å². The standard InChI is InChI=1S/C13H19NO3/c1-8-6-10(11-7-14-4-5-17-11)13(16-3)12(15)9(8)2/h6,11,14-15H,4-5,7H2,1-3H3. The van der Waals surface area contributed by atoms with Crippen molar-refractivity contribution in [2.24, 2.45) is 0 Å². The van der Waals surface area contributed by atoms with E-state index in [9.17, 15) is 5.11 Å². The summed E-state index contributed by atoms with van der Waals surface area (Å²) in [5.41, 5.74) is 2.82. The normalized spacial score (nSPS) is 20.3. The van der Waals surface area contributed by atoms with Gasteiger partial charge in [-0.2, -0.15) is 0 Å². The Morgan fingerprint density at radius 2 is 2.24 bits per heavy atom. The van der Waals surface area contributed by atoms with Crippen molar-refractivity contribution in [1.29, 1.82) is 0 Å². The molecule has 1 aliphatic heterocycles. The first-order chi connectivity index (χ1) is 8.15. The van der Waals surface area contributed by atoms with Crippen LogP contribution in [0.5, 0.6) is 11.5 Å². The number of methoxy groups -OCH3 is 1. The fourth-order valence-corrected chi connectivity index (χ4v) is 2.12. The molecule has 0 aliphatic carbocycles. The minimum Gasteiger partial charge on any atom is -0.504 e. The molecule has 1 saturated heterocycles. The zero-order valence-corrected chi connectivity index (χ0v) is 10.5. The second-order valence-electron chi connectivity index (χ2n) is 4.35. The van der Waals surface area contributed by atoms with Crippen molar-refractivity contribution in [2.45, 2.75) is 20.0 Å². The average molecular weight is 237 g/mol. The third-order valence-electron chi connectivity index (χ3n) is 3.27. The number of hydrogen-bond donors (Lipinski definition) is 2. The molecule has 0 radical (unpaired) electrons. The van der Waals surface area contributed by atoms with Crippen LogP contribution in [-0.2, 0) is 4.74 Å². The van der Waals surface area contributed by atoms with E-state index in [2.05, 4.69) is 5.32 Å². The number of hydrogen-bond acceptors (Lipinski definition) is 4. The smallest absolute Gasteiger partial charge is 0.166 e. The zero-order valence-electron chi connectivity index (χ0n) is 10.5. The van der Waals surface area contributed by atoms with E-state index >= 15 is 0 Å². The number of benzene rings is 1. The molecule has 0 amide bonds. The van der Waals surface area contributed by atoms with E-state index in [-0.39, 0.29) is 11.9 Å². The average Bonchev–Trinajstić information content (AvgIpc) is 2.36. The van der Waals surface area contributed by atoms with E-state index in [1.165, 1.54) is 0 Å². The van der Waals surface area contributed by atoms with Gasteiger partial charge in [0.05, 0.1) is 19.8 Å². The molecule has 2 N–H and O–H groups in total. The fraction of sp³-hybridized carbons (Fsp3) is 0.538. The predicted octanol–water partition coefficient (Wildman–Crippen LogP) is 1.68. The Morgan fingerprint density at radius 3 is 2.82 bits per heavy atom. The van der Waals surface area contributed by atoms with Crippen molar-refractivity contribution in [3.05, 3.63) is 22.8 Å². The maximum atomic E-state index is 10.1. The SMILES string of the molecule is COc1c(C2CNCCO2)cc(C)c(C)c1O. The maximum Gasteiger partial charge on any atom is 0.166 e. The van der Waals surface area contributed by atoms with Crippen LogP contribution in [0.2, 0.25) is 0 Å². The van der Waals surface area contributed by atoms with Crippen molar-refractivity contribution in [2.75, 3.05) is 26.8 Å². The molecular formula is C13H19NO3. The number of nitrogens with one attached hydrogen (secondary N) is 1. The van der Waals surface area contributed by atoms with Gasteiger partial charge in [-0.15, -0.1) is 0 Å². The summed E-state index contributed by atoms with van der Waals surface area (Å²) in [7, 11) is 1.57. The third kappa shape index (κ3) is 2.23. The van der Waals surface area contributed by atoms with E-state index in [0.29, 0.717) is 12.4 Å². The lowest BCUT2D eigenvalue weighted by atomic mass is 9.99. The Hall–Kier alpha value is -1.26. The summed E-state index contributed by atoms with van der Waals surface area (Å²) in [6.45, 7) is 6.17. The highest BCUT2D eigenvalue weighted by molar-refractivity contribution is 5.54. The summed E-state index contributed by atoms with van der Waals surface area (Å²) in [5, 5.41) is 13.4. The van der Waals surface area contributed by atoms with Gasteiger partial charge in [0.25, 0.3) is 0 Å². The number of aromatic hydroxyl groups is 1. The third-order valence-corrected chi connectivity index (χ3v) is 3.27. The number of phenolic OH excluding ortho intramolecular Hbond substituents is 1. The van der Waals surface area contributed by atoms with Crippen molar-refractivity contribution < 1.29 is 14.6 Å². The van der Waals surface area contributed by atoms with E-state index < -0.39 is 0 Å². The van der Waals surface area contributed by atoms with Crippen LogP contribution in [0.4, 0.5) is 0 Å². The highest BCUT2D eigenvalue weighted by atomic mass is 16.5. The van der Waals surface area contributed by atoms with E-state index in [1.54, 1.807) is 7.11 Å². The molecule has 2 rings (SSSR count). The van der Waals surface area contributed by atoms with Crippen molar-refractivity contribution in [1.82, 2.24) is 5.32 Å². The van der Waals surface area contributed by atoms with Gasteiger partial charge in [-0.25, -0.2) is 0 Å². The molecule has 94 valence electrons. The van der Waals surface area contributed by atoms with Crippen LogP contribution in [0, 0.1) is 13.8 Å². The molecule has 0 spiro atoms. The quantitative estimate of drug-likeness (QED) is 0.821. The van der Waals surface area contributed by atoms with Gasteiger partial charge >= 0.3 is 0 Å². The fourth-order valence-electron chi connectivity index (χ4n) is 2.12. The van der Waals surface area contributed by atoms with Gasteiger partial charge in [-0.05, 0) is 31.0 Å². The minimum absolute atomic E-state index is 0.0519. The first-order valence-electron chi connectivity index (χ1n) is 5.84. The van der Waals surface area contributed by atoms with Crippen LogP contribution in [0.15, 0.2) is 6.07 Å². The highest BCUT2D eigenvalue weighted by Gasteiger charge is 2.23. The van der Waals surface area contributed by atoms with Gasteiger partial charge < -0.3 is 19.9 Å². The number of morpholine rings is 1. The molecule has 0 aromatic heterocycles. The molecule has 1 unspecified atom stereocenters. The Morgan fingerprint density at radius 1 is 1.47 bits per heavy atom. The Bertz CT molecular complexity index is 412. The van der Waals surface area contributed by atoms with E-state index in [4.69, 9.17) is 9.47 Å². The number of rotatable bonds is 2. The molecule has 1 aliphatic rings. The lowest BCUT2D eigenvalue weighted by Gasteiger charge is -2.26. The summed E-state index contributed by atoms with van der Waals surface area (Å²) in [6, 6.07) is 2.03. The summed E-state index contributed by atoms with van der Waals surface area (Å²) in [5.74, 6) is 0.749. The number of ether oxygens (including phenoxy) is 2. The topological polar surface area (TPSA) is 50.7 Å². The van der Waals surface area contributed by atoms with Gasteiger partial charge in [0.1, 0.15) is 0 Å². The summed E-state index contributed by atoms with van der Waals surface area (Å²) < 4.78 is 11.0. The van der Waals surface area contributed by atoms with Crippen LogP contribution in [0.1, 0.15) is 22.8 Å². The summed E-state index contributed by atoms with van der Waals surface area (Å²) in [6.07, 6.45) is -0.0519. The van der Waals surface area contributed by atoms with Gasteiger partial charge in [0.15, 0.2) is 11.5 Å². The van der Waals surface area contributed by atoms with Crippen LogP contribution >= 0.6 is 0 Å². The van der Waals surface area contributed by atoms with Gasteiger partial charge in [-0.3, -0.25) is 0 Å². The Labute approximate surface area is 102 Å². The molecule has 1 aromatic carbocycles. The highest BCUT2D eigenvalue weighted by Crippen LogP contribution is 2.39. The maximum absolute atomic E-state index is 10.1. The predicted molar refractivity (Wildman–Crippen MR) is 65.7 cm³/mol. The lowest BCUT2D eigenvalue weighted by molar-refractivity contribution is 0.0260. The molecule has 4 heteroatoms. The largest absolute Gasteiger partial charge is 0.504 e. The van der Waals surface area contributed by atoms with Crippen molar-refractivity contribution >= 4 is 0 Å². The molecule has 1 aromatic rings. The van der Waals surface area contributed by atoms with Crippen LogP contribution in [0.3, 0.4) is 0 Å². The Balaban J connectivity index is 2.44. The number of aryl methyl sites for hydroxylation is 1. The van der Waals surface area contributed by atoms with Gasteiger partial charge in [0, 0.05) is 18.7 Å². The first kappa shape index (κ1) is 12.2. The molecule has 1 heterocycles. The second-order valence-corrected chi connectivity index (χ2v) is 4.35. The molecule has 0 saturated carbocycles. The summed E-state index contributed by atoms with van der Waals surface area (Å²) >= 11 is 0. The lowest BCUT2D eigenvalue weighted by Crippen LogP contribution is -2.33. The molecule has 17 heavy (non-hydrogen) atoms. The summed E-state index contributed by atoms with van der Waals surface area (Å²) in [4.78, 5) is 0. The molecule has 1 atom stereocenters. The van der Waals surface area contributed by atoms with Crippen molar-refractivity contribution in [3.63, 3.8) is 0 Å². The molecule has 1 fully saturated rings. The van der Waals surface area contributed by atoms with Gasteiger partial charge in [-0.1, -0.05) is 0 Å². The molecular weight excluding hydrogens is 218 g/mol.